The second kappa shape index (κ2) is 5.53. The highest BCUT2D eigenvalue weighted by Gasteiger charge is 2.24. The summed E-state index contributed by atoms with van der Waals surface area (Å²) in [5.74, 6) is 0. The molecule has 1 aliphatic heterocycles. The maximum Gasteiger partial charge on any atom is 0.298 e. The molecule has 0 saturated carbocycles. The van der Waals surface area contributed by atoms with Crippen molar-refractivity contribution in [2.75, 3.05) is 24.5 Å². The minimum Gasteiger partial charge on any atom is -0.423 e. The maximum absolute atomic E-state index is 6.24. The molecule has 0 amide bonds. The number of halogens is 1. The lowest BCUT2D eigenvalue weighted by molar-refractivity contribution is 0.456. The van der Waals surface area contributed by atoms with Crippen molar-refractivity contribution in [3.63, 3.8) is 0 Å². The zero-order valence-corrected chi connectivity index (χ0v) is 13.6. The normalized spacial score (nSPS) is 19.0. The Balaban J connectivity index is 1.85. The molecule has 22 heavy (non-hydrogen) atoms. The molecule has 1 unspecified atom stereocenters. The third-order valence-electron chi connectivity index (χ3n) is 3.89. The molecule has 1 saturated heterocycles. The van der Waals surface area contributed by atoms with Gasteiger partial charge in [0.1, 0.15) is 5.52 Å². The van der Waals surface area contributed by atoms with Gasteiger partial charge in [0, 0.05) is 42.5 Å². The first-order valence-corrected chi connectivity index (χ1v) is 8.44. The van der Waals surface area contributed by atoms with Gasteiger partial charge >= 0.3 is 0 Å². The maximum atomic E-state index is 6.24. The molecule has 0 radical (unpaired) electrons. The first kappa shape index (κ1) is 14.0. The molecule has 1 fully saturated rings. The lowest BCUT2D eigenvalue weighted by Gasteiger charge is -2.32. The Morgan fingerprint density at radius 1 is 1.45 bits per heavy atom. The number of hydrogen-bond acceptors (Lipinski definition) is 6. The summed E-state index contributed by atoms with van der Waals surface area (Å²) in [6.45, 7) is 4.92. The number of aromatic nitrogens is 2. The van der Waals surface area contributed by atoms with E-state index in [0.29, 0.717) is 17.1 Å². The number of rotatable bonds is 2. The number of oxazole rings is 1. The fourth-order valence-electron chi connectivity index (χ4n) is 2.77. The van der Waals surface area contributed by atoms with Gasteiger partial charge in [-0.25, -0.2) is 0 Å². The molecule has 0 spiro atoms. The van der Waals surface area contributed by atoms with Crippen LogP contribution in [0.5, 0.6) is 0 Å². The average Bonchev–Trinajstić information content (AvgIpc) is 3.15. The minimum absolute atomic E-state index is 0.351. The van der Waals surface area contributed by atoms with Crippen LogP contribution in [0.25, 0.3) is 21.5 Å². The Hall–Kier alpha value is -1.63. The van der Waals surface area contributed by atoms with Gasteiger partial charge in [-0.2, -0.15) is 4.98 Å². The summed E-state index contributed by atoms with van der Waals surface area (Å²) in [5.41, 5.74) is 4.31. The van der Waals surface area contributed by atoms with E-state index in [2.05, 4.69) is 27.1 Å². The first-order valence-electron chi connectivity index (χ1n) is 7.18. The number of hydrogen-bond donors (Lipinski definition) is 1. The zero-order valence-electron chi connectivity index (χ0n) is 12.0. The molecule has 5 nitrogen and oxygen atoms in total. The summed E-state index contributed by atoms with van der Waals surface area (Å²) in [7, 11) is 0. The molecule has 3 heterocycles. The molecule has 114 valence electrons. The highest BCUT2D eigenvalue weighted by atomic mass is 35.5. The van der Waals surface area contributed by atoms with Crippen molar-refractivity contribution in [1.29, 1.82) is 0 Å². The third-order valence-corrected chi connectivity index (χ3v) is 4.91. The van der Waals surface area contributed by atoms with Crippen LogP contribution in [0.4, 0.5) is 6.01 Å². The molecule has 4 rings (SSSR count). The van der Waals surface area contributed by atoms with Crippen LogP contribution in [0.3, 0.4) is 0 Å². The average molecular weight is 335 g/mol. The van der Waals surface area contributed by atoms with E-state index < -0.39 is 0 Å². The van der Waals surface area contributed by atoms with E-state index in [-0.39, 0.29) is 0 Å². The SMILES string of the molecule is CC1CNCCN1c1nc2cc(Cl)cc(-c3cncs3)c2o1. The van der Waals surface area contributed by atoms with Crippen molar-refractivity contribution < 1.29 is 4.42 Å². The van der Waals surface area contributed by atoms with Crippen molar-refractivity contribution in [3.8, 4) is 10.4 Å². The van der Waals surface area contributed by atoms with E-state index in [1.54, 1.807) is 16.8 Å². The fourth-order valence-corrected chi connectivity index (χ4v) is 3.61. The predicted octanol–water partition coefficient (Wildman–Crippen LogP) is 3.40. The first-order chi connectivity index (χ1) is 10.7. The van der Waals surface area contributed by atoms with Gasteiger partial charge in [-0.1, -0.05) is 11.6 Å². The van der Waals surface area contributed by atoms with Gasteiger partial charge in [-0.3, -0.25) is 4.98 Å². The van der Waals surface area contributed by atoms with E-state index in [4.69, 9.17) is 16.0 Å². The number of fused-ring (bicyclic) bond motifs is 1. The largest absolute Gasteiger partial charge is 0.423 e. The van der Waals surface area contributed by atoms with Crippen molar-refractivity contribution in [1.82, 2.24) is 15.3 Å². The molecule has 0 bridgehead atoms. The Bertz CT molecular complexity index is 801. The molecule has 2 aromatic heterocycles. The van der Waals surface area contributed by atoms with Crippen LogP contribution in [0.1, 0.15) is 6.92 Å². The smallest absolute Gasteiger partial charge is 0.298 e. The van der Waals surface area contributed by atoms with Gasteiger partial charge in [0.05, 0.1) is 10.4 Å². The molecule has 1 N–H and O–H groups in total. The third kappa shape index (κ3) is 2.37. The number of nitrogens with one attached hydrogen (secondary N) is 1. The quantitative estimate of drug-likeness (QED) is 0.778. The molecule has 0 aliphatic carbocycles. The minimum atomic E-state index is 0.351. The Labute approximate surface area is 136 Å². The fraction of sp³-hybridized carbons (Fsp3) is 0.333. The number of piperazine rings is 1. The van der Waals surface area contributed by atoms with Crippen LogP contribution >= 0.6 is 22.9 Å². The molecular weight excluding hydrogens is 320 g/mol. The van der Waals surface area contributed by atoms with Crippen LogP contribution in [0.2, 0.25) is 5.02 Å². The Morgan fingerprint density at radius 3 is 3.14 bits per heavy atom. The molecule has 1 atom stereocenters. The standard InChI is InChI=1S/C15H15ClN4OS/c1-9-6-17-2-3-20(9)15-19-12-5-10(16)4-11(14(12)21-15)13-7-18-8-22-13/h4-5,7-9,17H,2-3,6H2,1H3. The number of thiazole rings is 1. The summed E-state index contributed by atoms with van der Waals surface area (Å²) < 4.78 is 6.10. The van der Waals surface area contributed by atoms with Gasteiger partial charge in [0.2, 0.25) is 0 Å². The van der Waals surface area contributed by atoms with Crippen LogP contribution in [0.15, 0.2) is 28.3 Å². The number of nitrogens with zero attached hydrogens (tertiary/aromatic N) is 3. The van der Waals surface area contributed by atoms with Crippen LogP contribution in [0, 0.1) is 0 Å². The van der Waals surface area contributed by atoms with Crippen LogP contribution in [-0.2, 0) is 0 Å². The van der Waals surface area contributed by atoms with Gasteiger partial charge < -0.3 is 14.6 Å². The number of anilines is 1. The molecule has 1 aliphatic rings. The summed E-state index contributed by atoms with van der Waals surface area (Å²) in [5, 5.41) is 4.03. The second-order valence-corrected chi connectivity index (χ2v) is 6.73. The summed E-state index contributed by atoms with van der Waals surface area (Å²) >= 11 is 7.81. The lowest BCUT2D eigenvalue weighted by atomic mass is 10.2. The summed E-state index contributed by atoms with van der Waals surface area (Å²) in [6.07, 6.45) is 1.82. The van der Waals surface area contributed by atoms with Crippen molar-refractivity contribution in [2.45, 2.75) is 13.0 Å². The Morgan fingerprint density at radius 2 is 2.36 bits per heavy atom. The van der Waals surface area contributed by atoms with E-state index >= 15 is 0 Å². The van der Waals surface area contributed by atoms with Gasteiger partial charge in [-0.15, -0.1) is 11.3 Å². The zero-order chi connectivity index (χ0) is 15.1. The highest BCUT2D eigenvalue weighted by Crippen LogP contribution is 2.36. The molecule has 1 aromatic carbocycles. The van der Waals surface area contributed by atoms with Crippen LogP contribution in [-0.4, -0.2) is 35.6 Å². The molecule has 7 heteroatoms. The van der Waals surface area contributed by atoms with Crippen molar-refractivity contribution in [3.05, 3.63) is 28.9 Å². The van der Waals surface area contributed by atoms with E-state index in [1.165, 1.54) is 0 Å². The summed E-state index contributed by atoms with van der Waals surface area (Å²) in [6, 6.07) is 4.77. The topological polar surface area (TPSA) is 54.2 Å². The van der Waals surface area contributed by atoms with E-state index in [0.717, 1.165) is 41.2 Å². The van der Waals surface area contributed by atoms with E-state index in [1.807, 2.05) is 18.3 Å². The monoisotopic (exact) mass is 334 g/mol. The molecule has 3 aromatic rings. The lowest BCUT2D eigenvalue weighted by Crippen LogP contribution is -2.50. The van der Waals surface area contributed by atoms with Gasteiger partial charge in [0.15, 0.2) is 5.58 Å². The van der Waals surface area contributed by atoms with Gasteiger partial charge in [-0.05, 0) is 19.1 Å². The van der Waals surface area contributed by atoms with Crippen molar-refractivity contribution in [2.24, 2.45) is 0 Å². The predicted molar refractivity (Wildman–Crippen MR) is 89.8 cm³/mol. The van der Waals surface area contributed by atoms with Crippen LogP contribution < -0.4 is 10.2 Å². The van der Waals surface area contributed by atoms with E-state index in [9.17, 15) is 0 Å². The second-order valence-electron chi connectivity index (χ2n) is 5.41. The summed E-state index contributed by atoms with van der Waals surface area (Å²) in [4.78, 5) is 12.0. The number of benzene rings is 1. The van der Waals surface area contributed by atoms with Crippen molar-refractivity contribution >= 4 is 40.1 Å². The Kier molecular flexibility index (Phi) is 3.52. The van der Waals surface area contributed by atoms with Gasteiger partial charge in [0.25, 0.3) is 6.01 Å². The highest BCUT2D eigenvalue weighted by molar-refractivity contribution is 7.13. The molecular formula is C15H15ClN4OS.